The highest BCUT2D eigenvalue weighted by Gasteiger charge is 2.07. The van der Waals surface area contributed by atoms with Crippen LogP contribution in [0.25, 0.3) is 10.9 Å². The third kappa shape index (κ3) is 2.06. The molecule has 0 fully saturated rings. The van der Waals surface area contributed by atoms with Crippen molar-refractivity contribution >= 4 is 10.9 Å². The molecule has 0 unspecified atom stereocenters. The van der Waals surface area contributed by atoms with E-state index in [0.29, 0.717) is 17.7 Å². The Morgan fingerprint density at radius 1 is 1.21 bits per heavy atom. The number of aromatic nitrogens is 2. The topological polar surface area (TPSA) is 41.6 Å². The molecule has 0 spiro atoms. The summed E-state index contributed by atoms with van der Waals surface area (Å²) in [6.07, 6.45) is 1.75. The average Bonchev–Trinajstić information content (AvgIpc) is 2.85. The fourth-order valence-electron chi connectivity index (χ4n) is 2.08. The second kappa shape index (κ2) is 4.54. The van der Waals surface area contributed by atoms with E-state index in [0.717, 1.165) is 10.9 Å². The molecular weight excluding hydrogens is 241 g/mol. The largest absolute Gasteiger partial charge is 0.260 e. The van der Waals surface area contributed by atoms with Crippen LogP contribution >= 0.6 is 0 Å². The highest BCUT2D eigenvalue weighted by atomic mass is 19.1. The zero-order valence-corrected chi connectivity index (χ0v) is 10.0. The molecule has 3 rings (SSSR count). The Balaban J connectivity index is 2.04. The van der Waals surface area contributed by atoms with Gasteiger partial charge in [0.25, 0.3) is 0 Å². The van der Waals surface area contributed by atoms with Crippen molar-refractivity contribution in [3.8, 4) is 6.07 Å². The lowest BCUT2D eigenvalue weighted by Crippen LogP contribution is -2.03. The summed E-state index contributed by atoms with van der Waals surface area (Å²) in [6, 6.07) is 14.1. The van der Waals surface area contributed by atoms with Gasteiger partial charge in [0.2, 0.25) is 0 Å². The first-order chi connectivity index (χ1) is 9.28. The van der Waals surface area contributed by atoms with Crippen molar-refractivity contribution < 1.29 is 4.39 Å². The fraction of sp³-hybridized carbons (Fsp3) is 0.0667. The molecule has 0 saturated heterocycles. The van der Waals surface area contributed by atoms with Gasteiger partial charge in [-0.1, -0.05) is 18.2 Å². The van der Waals surface area contributed by atoms with Crippen LogP contribution in [0.5, 0.6) is 0 Å². The summed E-state index contributed by atoms with van der Waals surface area (Å²) in [7, 11) is 0. The number of halogens is 1. The minimum atomic E-state index is -0.321. The molecule has 0 amide bonds. The first-order valence-electron chi connectivity index (χ1n) is 5.87. The standard InChI is InChI=1S/C15H10FN3/c16-14-6-5-11(8-17)7-13(14)10-19-15-4-2-1-3-12(15)9-18-19/h1-7,9H,10H2. The van der Waals surface area contributed by atoms with Crippen molar-refractivity contribution in [2.75, 3.05) is 0 Å². The average molecular weight is 251 g/mol. The molecule has 2 aromatic carbocycles. The highest BCUT2D eigenvalue weighted by molar-refractivity contribution is 5.78. The third-order valence-corrected chi connectivity index (χ3v) is 3.05. The Morgan fingerprint density at radius 3 is 2.89 bits per heavy atom. The molecule has 3 nitrogen and oxygen atoms in total. The normalized spacial score (nSPS) is 10.5. The molecule has 3 aromatic rings. The number of rotatable bonds is 2. The third-order valence-electron chi connectivity index (χ3n) is 3.05. The van der Waals surface area contributed by atoms with E-state index in [1.54, 1.807) is 16.9 Å². The van der Waals surface area contributed by atoms with Crippen molar-refractivity contribution in [1.29, 1.82) is 5.26 Å². The van der Waals surface area contributed by atoms with Crippen molar-refractivity contribution in [1.82, 2.24) is 9.78 Å². The molecule has 0 aliphatic carbocycles. The van der Waals surface area contributed by atoms with Crippen molar-refractivity contribution in [2.45, 2.75) is 6.54 Å². The van der Waals surface area contributed by atoms with Gasteiger partial charge in [-0.05, 0) is 24.3 Å². The molecule has 0 aliphatic heterocycles. The lowest BCUT2D eigenvalue weighted by molar-refractivity contribution is 0.590. The van der Waals surface area contributed by atoms with Crippen LogP contribution in [-0.4, -0.2) is 9.78 Å². The van der Waals surface area contributed by atoms with Crippen molar-refractivity contribution in [2.24, 2.45) is 0 Å². The second-order valence-corrected chi connectivity index (χ2v) is 4.28. The minimum Gasteiger partial charge on any atom is -0.260 e. The molecule has 0 atom stereocenters. The molecular formula is C15H10FN3. The fourth-order valence-corrected chi connectivity index (χ4v) is 2.08. The summed E-state index contributed by atoms with van der Waals surface area (Å²) in [6.45, 7) is 0.314. The van der Waals surface area contributed by atoms with Crippen LogP contribution in [0.3, 0.4) is 0 Å². The first kappa shape index (κ1) is 11.4. The molecule has 19 heavy (non-hydrogen) atoms. The molecule has 0 saturated carbocycles. The smallest absolute Gasteiger partial charge is 0.128 e. The first-order valence-corrected chi connectivity index (χ1v) is 5.87. The quantitative estimate of drug-likeness (QED) is 0.702. The van der Waals surface area contributed by atoms with Crippen LogP contribution in [0, 0.1) is 17.1 Å². The zero-order valence-electron chi connectivity index (χ0n) is 10.0. The predicted octanol–water partition coefficient (Wildman–Crippen LogP) is 3.10. The number of hydrogen-bond acceptors (Lipinski definition) is 2. The summed E-state index contributed by atoms with van der Waals surface area (Å²) in [4.78, 5) is 0. The summed E-state index contributed by atoms with van der Waals surface area (Å²) < 4.78 is 15.5. The van der Waals surface area contributed by atoms with Gasteiger partial charge in [0.15, 0.2) is 0 Å². The summed E-state index contributed by atoms with van der Waals surface area (Å²) in [5.74, 6) is -0.321. The van der Waals surface area contributed by atoms with Crippen LogP contribution in [0.2, 0.25) is 0 Å². The zero-order chi connectivity index (χ0) is 13.2. The van der Waals surface area contributed by atoms with Gasteiger partial charge in [0.05, 0.1) is 29.9 Å². The molecule has 0 N–H and O–H groups in total. The van der Waals surface area contributed by atoms with Crippen molar-refractivity contribution in [3.05, 3.63) is 65.6 Å². The van der Waals surface area contributed by atoms with E-state index in [2.05, 4.69) is 5.10 Å². The van der Waals surface area contributed by atoms with E-state index in [1.165, 1.54) is 12.1 Å². The molecule has 0 radical (unpaired) electrons. The van der Waals surface area contributed by atoms with Crippen LogP contribution in [0.15, 0.2) is 48.7 Å². The Bertz CT molecular complexity index is 783. The Labute approximate surface area is 109 Å². The maximum absolute atomic E-state index is 13.7. The van der Waals surface area contributed by atoms with Crippen LogP contribution in [0.4, 0.5) is 4.39 Å². The Hall–Kier alpha value is -2.67. The van der Waals surface area contributed by atoms with Crippen LogP contribution in [0.1, 0.15) is 11.1 Å². The highest BCUT2D eigenvalue weighted by Crippen LogP contribution is 2.16. The predicted molar refractivity (Wildman–Crippen MR) is 70.0 cm³/mol. The van der Waals surface area contributed by atoms with Gasteiger partial charge in [-0.3, -0.25) is 4.68 Å². The van der Waals surface area contributed by atoms with Gasteiger partial charge in [-0.25, -0.2) is 4.39 Å². The van der Waals surface area contributed by atoms with E-state index in [1.807, 2.05) is 30.3 Å². The molecule has 1 aromatic heterocycles. The van der Waals surface area contributed by atoms with Gasteiger partial charge in [-0.2, -0.15) is 10.4 Å². The summed E-state index contributed by atoms with van der Waals surface area (Å²) in [5, 5.41) is 14.1. The SMILES string of the molecule is N#Cc1ccc(F)c(Cn2ncc3ccccc32)c1. The van der Waals surface area contributed by atoms with E-state index >= 15 is 0 Å². The lowest BCUT2D eigenvalue weighted by atomic mass is 10.1. The molecule has 0 aliphatic rings. The molecule has 92 valence electrons. The lowest BCUT2D eigenvalue weighted by Gasteiger charge is -2.05. The maximum Gasteiger partial charge on any atom is 0.128 e. The van der Waals surface area contributed by atoms with Gasteiger partial charge >= 0.3 is 0 Å². The number of hydrogen-bond donors (Lipinski definition) is 0. The number of nitriles is 1. The second-order valence-electron chi connectivity index (χ2n) is 4.28. The maximum atomic E-state index is 13.7. The van der Waals surface area contributed by atoms with E-state index in [-0.39, 0.29) is 5.82 Å². The van der Waals surface area contributed by atoms with Gasteiger partial charge < -0.3 is 0 Å². The number of benzene rings is 2. The molecule has 0 bridgehead atoms. The van der Waals surface area contributed by atoms with E-state index < -0.39 is 0 Å². The van der Waals surface area contributed by atoms with Crippen LogP contribution < -0.4 is 0 Å². The van der Waals surface area contributed by atoms with E-state index in [4.69, 9.17) is 5.26 Å². The van der Waals surface area contributed by atoms with Gasteiger partial charge in [0, 0.05) is 10.9 Å². The number of fused-ring (bicyclic) bond motifs is 1. The molecule has 1 heterocycles. The van der Waals surface area contributed by atoms with E-state index in [9.17, 15) is 4.39 Å². The van der Waals surface area contributed by atoms with Crippen LogP contribution in [-0.2, 0) is 6.54 Å². The summed E-state index contributed by atoms with van der Waals surface area (Å²) in [5.41, 5.74) is 1.87. The Morgan fingerprint density at radius 2 is 2.05 bits per heavy atom. The Kier molecular flexibility index (Phi) is 2.73. The summed E-state index contributed by atoms with van der Waals surface area (Å²) >= 11 is 0. The van der Waals surface area contributed by atoms with Crippen molar-refractivity contribution in [3.63, 3.8) is 0 Å². The number of para-hydroxylation sites is 1. The number of nitrogens with zero attached hydrogens (tertiary/aromatic N) is 3. The monoisotopic (exact) mass is 251 g/mol. The van der Waals surface area contributed by atoms with Gasteiger partial charge in [-0.15, -0.1) is 0 Å². The minimum absolute atomic E-state index is 0.314. The van der Waals surface area contributed by atoms with Gasteiger partial charge in [0.1, 0.15) is 5.82 Å². The molecule has 4 heteroatoms.